The summed E-state index contributed by atoms with van der Waals surface area (Å²) in [4.78, 5) is 4.69. The summed E-state index contributed by atoms with van der Waals surface area (Å²) in [6.07, 6.45) is 1.02. The Hall–Kier alpha value is -2.70. The van der Waals surface area contributed by atoms with Crippen molar-refractivity contribution in [3.63, 3.8) is 0 Å². The molecule has 2 heterocycles. The van der Waals surface area contributed by atoms with E-state index in [4.69, 9.17) is 17.3 Å². The summed E-state index contributed by atoms with van der Waals surface area (Å²) in [6, 6.07) is 15.7. The number of hydrogen-bond donors (Lipinski definition) is 1. The number of rotatable bonds is 4. The standard InChI is InChI=1S/C19H16ClN5S/c1-2-12-3-5-13(6-4-12)16-11-26-19(22-16)17-18(21)25(24-23-17)15-9-7-14(20)8-10-15/h3-11H,2,21H2,1H3. The van der Waals surface area contributed by atoms with Gasteiger partial charge in [-0.25, -0.2) is 4.98 Å². The monoisotopic (exact) mass is 381 g/mol. The Kier molecular flexibility index (Phi) is 4.44. The molecule has 4 aromatic rings. The molecule has 0 aliphatic rings. The number of aromatic nitrogens is 4. The fraction of sp³-hybridized carbons (Fsp3) is 0.105. The topological polar surface area (TPSA) is 69.6 Å². The van der Waals surface area contributed by atoms with Crippen LogP contribution in [0.3, 0.4) is 0 Å². The van der Waals surface area contributed by atoms with Gasteiger partial charge in [-0.2, -0.15) is 4.68 Å². The number of nitrogen functional groups attached to an aromatic ring is 1. The molecule has 2 N–H and O–H groups in total. The molecule has 0 atom stereocenters. The molecule has 0 unspecified atom stereocenters. The van der Waals surface area contributed by atoms with Gasteiger partial charge in [0.15, 0.2) is 11.5 Å². The van der Waals surface area contributed by atoms with Gasteiger partial charge in [0.05, 0.1) is 11.4 Å². The van der Waals surface area contributed by atoms with Gasteiger partial charge in [-0.05, 0) is 36.2 Å². The molecule has 0 saturated carbocycles. The minimum Gasteiger partial charge on any atom is -0.382 e. The number of nitrogens with zero attached hydrogens (tertiary/aromatic N) is 4. The Morgan fingerprint density at radius 3 is 2.50 bits per heavy atom. The molecule has 130 valence electrons. The van der Waals surface area contributed by atoms with Crippen molar-refractivity contribution in [1.29, 1.82) is 0 Å². The molecular formula is C19H16ClN5S. The van der Waals surface area contributed by atoms with Gasteiger partial charge in [0.2, 0.25) is 0 Å². The fourth-order valence-corrected chi connectivity index (χ4v) is 3.59. The highest BCUT2D eigenvalue weighted by Gasteiger charge is 2.17. The van der Waals surface area contributed by atoms with E-state index in [9.17, 15) is 0 Å². The molecule has 7 heteroatoms. The highest BCUT2D eigenvalue weighted by atomic mass is 35.5. The Labute approximate surface area is 160 Å². The van der Waals surface area contributed by atoms with Crippen molar-refractivity contribution in [2.75, 3.05) is 5.73 Å². The molecule has 0 bridgehead atoms. The lowest BCUT2D eigenvalue weighted by Crippen LogP contribution is -2.02. The largest absolute Gasteiger partial charge is 0.382 e. The lowest BCUT2D eigenvalue weighted by Gasteiger charge is -2.02. The van der Waals surface area contributed by atoms with E-state index in [2.05, 4.69) is 46.5 Å². The summed E-state index contributed by atoms with van der Waals surface area (Å²) in [6.45, 7) is 2.14. The number of thiazole rings is 1. The fourth-order valence-electron chi connectivity index (χ4n) is 2.64. The van der Waals surface area contributed by atoms with Crippen molar-refractivity contribution in [3.05, 3.63) is 64.5 Å². The van der Waals surface area contributed by atoms with E-state index in [0.717, 1.165) is 28.4 Å². The second-order valence-corrected chi connectivity index (χ2v) is 7.09. The van der Waals surface area contributed by atoms with Crippen LogP contribution in [0.25, 0.3) is 27.6 Å². The zero-order valence-corrected chi connectivity index (χ0v) is 15.6. The summed E-state index contributed by atoms with van der Waals surface area (Å²) < 4.78 is 1.59. The van der Waals surface area contributed by atoms with Gasteiger partial charge >= 0.3 is 0 Å². The number of benzene rings is 2. The smallest absolute Gasteiger partial charge is 0.165 e. The van der Waals surface area contributed by atoms with E-state index in [-0.39, 0.29) is 0 Å². The molecular weight excluding hydrogens is 366 g/mol. The van der Waals surface area contributed by atoms with Gasteiger partial charge in [-0.1, -0.05) is 48.0 Å². The minimum atomic E-state index is 0.453. The first-order valence-corrected chi connectivity index (χ1v) is 9.44. The first kappa shape index (κ1) is 16.8. The van der Waals surface area contributed by atoms with E-state index in [1.807, 2.05) is 17.5 Å². The van der Waals surface area contributed by atoms with Crippen molar-refractivity contribution in [2.45, 2.75) is 13.3 Å². The predicted molar refractivity (Wildman–Crippen MR) is 107 cm³/mol. The molecule has 0 saturated heterocycles. The van der Waals surface area contributed by atoms with E-state index >= 15 is 0 Å². The summed E-state index contributed by atoms with van der Waals surface area (Å²) in [5.74, 6) is 0.453. The van der Waals surface area contributed by atoms with E-state index in [0.29, 0.717) is 16.5 Å². The Morgan fingerprint density at radius 2 is 1.81 bits per heavy atom. The SMILES string of the molecule is CCc1ccc(-c2csc(-c3nnn(-c4ccc(Cl)cc4)c3N)n2)cc1. The Bertz CT molecular complexity index is 1030. The van der Waals surface area contributed by atoms with Crippen LogP contribution in [0.2, 0.25) is 5.02 Å². The van der Waals surface area contributed by atoms with Crippen LogP contribution >= 0.6 is 22.9 Å². The van der Waals surface area contributed by atoms with Crippen LogP contribution in [0.5, 0.6) is 0 Å². The minimum absolute atomic E-state index is 0.453. The van der Waals surface area contributed by atoms with Gasteiger partial charge in [-0.15, -0.1) is 16.4 Å². The molecule has 0 radical (unpaired) electrons. The second-order valence-electron chi connectivity index (χ2n) is 5.80. The maximum atomic E-state index is 6.26. The highest BCUT2D eigenvalue weighted by molar-refractivity contribution is 7.13. The van der Waals surface area contributed by atoms with Crippen molar-refractivity contribution < 1.29 is 0 Å². The third-order valence-electron chi connectivity index (χ3n) is 4.14. The number of nitrogens with two attached hydrogens (primary N) is 1. The normalized spacial score (nSPS) is 11.0. The van der Waals surface area contributed by atoms with Crippen LogP contribution in [-0.4, -0.2) is 20.0 Å². The summed E-state index contributed by atoms with van der Waals surface area (Å²) in [5, 5.41) is 11.8. The van der Waals surface area contributed by atoms with Crippen LogP contribution < -0.4 is 5.73 Å². The predicted octanol–water partition coefficient (Wildman–Crippen LogP) is 4.86. The quantitative estimate of drug-likeness (QED) is 0.548. The zero-order valence-electron chi connectivity index (χ0n) is 14.1. The molecule has 4 rings (SSSR count). The van der Waals surface area contributed by atoms with Gasteiger partial charge < -0.3 is 5.73 Å². The number of aryl methyl sites for hydroxylation is 1. The van der Waals surface area contributed by atoms with Crippen molar-refractivity contribution in [1.82, 2.24) is 20.0 Å². The maximum absolute atomic E-state index is 6.26. The Balaban J connectivity index is 1.66. The second kappa shape index (κ2) is 6.90. The number of hydrogen-bond acceptors (Lipinski definition) is 5. The average Bonchev–Trinajstić information content (AvgIpc) is 3.29. The molecule has 2 aromatic carbocycles. The van der Waals surface area contributed by atoms with E-state index in [1.165, 1.54) is 16.9 Å². The van der Waals surface area contributed by atoms with Crippen LogP contribution in [0.15, 0.2) is 53.9 Å². The molecule has 0 aliphatic heterocycles. The van der Waals surface area contributed by atoms with Crippen molar-refractivity contribution in [3.8, 4) is 27.6 Å². The Morgan fingerprint density at radius 1 is 1.08 bits per heavy atom. The molecule has 0 fully saturated rings. The first-order valence-electron chi connectivity index (χ1n) is 8.18. The third kappa shape index (κ3) is 3.09. The van der Waals surface area contributed by atoms with Crippen molar-refractivity contribution in [2.24, 2.45) is 0 Å². The average molecular weight is 382 g/mol. The first-order chi connectivity index (χ1) is 12.7. The summed E-state index contributed by atoms with van der Waals surface area (Å²) in [7, 11) is 0. The lowest BCUT2D eigenvalue weighted by molar-refractivity contribution is 0.810. The summed E-state index contributed by atoms with van der Waals surface area (Å²) in [5.41, 5.74) is 10.9. The molecule has 0 aliphatic carbocycles. The van der Waals surface area contributed by atoms with Gasteiger partial charge in [0.1, 0.15) is 5.01 Å². The van der Waals surface area contributed by atoms with Crippen LogP contribution in [-0.2, 0) is 6.42 Å². The zero-order chi connectivity index (χ0) is 18.1. The summed E-state index contributed by atoms with van der Waals surface area (Å²) >= 11 is 7.44. The van der Waals surface area contributed by atoms with Gasteiger partial charge in [-0.3, -0.25) is 0 Å². The molecule has 26 heavy (non-hydrogen) atoms. The molecule has 5 nitrogen and oxygen atoms in total. The van der Waals surface area contributed by atoms with Crippen LogP contribution in [0, 0.1) is 0 Å². The van der Waals surface area contributed by atoms with E-state index < -0.39 is 0 Å². The number of halogens is 1. The molecule has 0 spiro atoms. The highest BCUT2D eigenvalue weighted by Crippen LogP contribution is 2.31. The maximum Gasteiger partial charge on any atom is 0.165 e. The van der Waals surface area contributed by atoms with Gasteiger partial charge in [0, 0.05) is 16.0 Å². The van der Waals surface area contributed by atoms with E-state index in [1.54, 1.807) is 16.8 Å². The van der Waals surface area contributed by atoms with Crippen LogP contribution in [0.4, 0.5) is 5.82 Å². The van der Waals surface area contributed by atoms with Crippen molar-refractivity contribution >= 4 is 28.8 Å². The third-order valence-corrected chi connectivity index (χ3v) is 5.24. The molecule has 0 amide bonds. The number of anilines is 1. The lowest BCUT2D eigenvalue weighted by atomic mass is 10.1. The van der Waals surface area contributed by atoms with Gasteiger partial charge in [0.25, 0.3) is 0 Å². The van der Waals surface area contributed by atoms with Crippen LogP contribution in [0.1, 0.15) is 12.5 Å². The molecule has 2 aromatic heterocycles.